The molecule has 0 spiro atoms. The van der Waals surface area contributed by atoms with Gasteiger partial charge in [-0.1, -0.05) is 12.1 Å². The standard InChI is InChI=1S/C22H16B2F4N4O/c23-22(24)19-13(4-2-6-29-19)20(33)31(22)9-15-16(25)7-11(8-17(15)26)12-3-1-5-18-14(12)10-32(30-18)21(27)28/h1-8,10,21H,9,23-24H2. The number of alkyl halides is 2. The molecule has 5 nitrogen and oxygen atoms in total. The molecule has 1 aliphatic heterocycles. The van der Waals surface area contributed by atoms with E-state index in [0.717, 1.165) is 18.3 Å². The maximum Gasteiger partial charge on any atom is 0.333 e. The molecule has 2 aromatic carbocycles. The highest BCUT2D eigenvalue weighted by Gasteiger charge is 2.44. The van der Waals surface area contributed by atoms with E-state index in [0.29, 0.717) is 26.9 Å². The van der Waals surface area contributed by atoms with Crippen molar-refractivity contribution in [2.24, 2.45) is 0 Å². The second kappa shape index (κ2) is 7.47. The van der Waals surface area contributed by atoms with Crippen molar-refractivity contribution in [3.05, 3.63) is 83.3 Å². The largest absolute Gasteiger partial charge is 0.339 e. The lowest BCUT2D eigenvalue weighted by Crippen LogP contribution is -2.45. The average molecular weight is 450 g/mol. The molecule has 0 radical (unpaired) electrons. The summed E-state index contributed by atoms with van der Waals surface area (Å²) in [7, 11) is 3.55. The monoisotopic (exact) mass is 450 g/mol. The maximum atomic E-state index is 15.2. The lowest BCUT2D eigenvalue weighted by Gasteiger charge is -2.32. The van der Waals surface area contributed by atoms with Crippen molar-refractivity contribution in [1.29, 1.82) is 0 Å². The van der Waals surface area contributed by atoms with Gasteiger partial charge in [0.05, 0.1) is 23.3 Å². The van der Waals surface area contributed by atoms with Crippen LogP contribution in [-0.4, -0.2) is 41.3 Å². The minimum atomic E-state index is -2.83. The highest BCUT2D eigenvalue weighted by atomic mass is 19.3. The third-order valence-corrected chi connectivity index (χ3v) is 6.07. The Labute approximate surface area is 187 Å². The van der Waals surface area contributed by atoms with Crippen molar-refractivity contribution in [2.75, 3.05) is 0 Å². The number of fused-ring (bicyclic) bond motifs is 2. The fraction of sp³-hybridized carbons (Fsp3) is 0.136. The summed E-state index contributed by atoms with van der Waals surface area (Å²) in [5.41, 5.74) is 1.54. The molecule has 0 bridgehead atoms. The number of rotatable bonds is 4. The van der Waals surface area contributed by atoms with Crippen LogP contribution in [0.4, 0.5) is 17.6 Å². The van der Waals surface area contributed by atoms with Crippen LogP contribution in [0, 0.1) is 11.6 Å². The van der Waals surface area contributed by atoms with Crippen molar-refractivity contribution in [2.45, 2.75) is 18.4 Å². The molecule has 3 heterocycles. The number of pyridine rings is 1. The Bertz CT molecular complexity index is 1400. The third kappa shape index (κ3) is 3.30. The normalized spacial score (nSPS) is 14.9. The Morgan fingerprint density at radius 2 is 1.73 bits per heavy atom. The van der Waals surface area contributed by atoms with Crippen molar-refractivity contribution >= 4 is 32.5 Å². The molecule has 0 aliphatic carbocycles. The smallest absolute Gasteiger partial charge is 0.333 e. The summed E-state index contributed by atoms with van der Waals surface area (Å²) < 4.78 is 56.9. The van der Waals surface area contributed by atoms with Crippen LogP contribution in [-0.2, 0) is 11.9 Å². The number of nitrogens with zero attached hydrogens (tertiary/aromatic N) is 4. The van der Waals surface area contributed by atoms with Gasteiger partial charge in [0.1, 0.15) is 27.3 Å². The van der Waals surface area contributed by atoms with Crippen molar-refractivity contribution in [1.82, 2.24) is 19.7 Å². The molecule has 0 fully saturated rings. The van der Waals surface area contributed by atoms with Gasteiger partial charge in [-0.15, -0.1) is 0 Å². The van der Waals surface area contributed by atoms with Crippen LogP contribution in [0.2, 0.25) is 0 Å². The molecule has 1 aliphatic rings. The molecule has 0 saturated heterocycles. The lowest BCUT2D eigenvalue weighted by atomic mass is 9.59. The molecule has 2 aromatic heterocycles. The van der Waals surface area contributed by atoms with Crippen molar-refractivity contribution in [3.63, 3.8) is 0 Å². The maximum absolute atomic E-state index is 15.2. The number of hydrogen-bond acceptors (Lipinski definition) is 3. The molecule has 1 amide bonds. The Morgan fingerprint density at radius 1 is 1.03 bits per heavy atom. The first-order valence-corrected chi connectivity index (χ1v) is 10.2. The van der Waals surface area contributed by atoms with Crippen LogP contribution in [0.3, 0.4) is 0 Å². The fourth-order valence-corrected chi connectivity index (χ4v) is 4.34. The highest BCUT2D eigenvalue weighted by Crippen LogP contribution is 2.36. The third-order valence-electron chi connectivity index (χ3n) is 6.07. The van der Waals surface area contributed by atoms with Gasteiger partial charge in [-0.05, 0) is 41.5 Å². The second-order valence-corrected chi connectivity index (χ2v) is 8.39. The van der Waals surface area contributed by atoms with Gasteiger partial charge in [0, 0.05) is 28.7 Å². The number of benzene rings is 2. The van der Waals surface area contributed by atoms with Gasteiger partial charge < -0.3 is 4.90 Å². The molecular weight excluding hydrogens is 434 g/mol. The van der Waals surface area contributed by atoms with Gasteiger partial charge in [-0.2, -0.15) is 13.9 Å². The average Bonchev–Trinajstić information content (AvgIpc) is 3.29. The van der Waals surface area contributed by atoms with Gasteiger partial charge in [0.2, 0.25) is 0 Å². The molecule has 4 aromatic rings. The first-order valence-electron chi connectivity index (χ1n) is 10.2. The van der Waals surface area contributed by atoms with E-state index in [4.69, 9.17) is 0 Å². The van der Waals surface area contributed by atoms with Crippen molar-refractivity contribution < 1.29 is 22.4 Å². The summed E-state index contributed by atoms with van der Waals surface area (Å²) in [6, 6.07) is 10.3. The number of carbonyl (C=O) groups excluding carboxylic acids is 1. The van der Waals surface area contributed by atoms with Crippen LogP contribution in [0.15, 0.2) is 54.9 Å². The minimum absolute atomic E-state index is 0.185. The first-order chi connectivity index (χ1) is 15.7. The molecule has 0 unspecified atom stereocenters. The summed E-state index contributed by atoms with van der Waals surface area (Å²) in [6.45, 7) is -3.12. The molecule has 0 atom stereocenters. The van der Waals surface area contributed by atoms with Gasteiger partial charge >= 0.3 is 6.55 Å². The van der Waals surface area contributed by atoms with E-state index in [1.165, 1.54) is 4.90 Å². The van der Waals surface area contributed by atoms with Gasteiger partial charge in [-0.3, -0.25) is 9.78 Å². The van der Waals surface area contributed by atoms with Crippen LogP contribution in [0.5, 0.6) is 0 Å². The summed E-state index contributed by atoms with van der Waals surface area (Å²) in [6.07, 6.45) is 2.72. The van der Waals surface area contributed by atoms with Gasteiger partial charge in [0.25, 0.3) is 5.91 Å². The van der Waals surface area contributed by atoms with E-state index in [2.05, 4.69) is 10.1 Å². The Balaban J connectivity index is 1.54. The van der Waals surface area contributed by atoms with Crippen molar-refractivity contribution in [3.8, 4) is 11.1 Å². The van der Waals surface area contributed by atoms with E-state index >= 15 is 8.78 Å². The summed E-state index contributed by atoms with van der Waals surface area (Å²) in [5.74, 6) is -2.03. The predicted octanol–water partition coefficient (Wildman–Crippen LogP) is 2.80. The molecule has 0 N–H and O–H groups in total. The van der Waals surface area contributed by atoms with Gasteiger partial charge in [-0.25, -0.2) is 13.5 Å². The van der Waals surface area contributed by atoms with Crippen LogP contribution in [0.1, 0.15) is 28.2 Å². The van der Waals surface area contributed by atoms with E-state index < -0.39 is 23.5 Å². The topological polar surface area (TPSA) is 51.0 Å². The van der Waals surface area contributed by atoms with Crippen LogP contribution in [0.25, 0.3) is 22.0 Å². The minimum Gasteiger partial charge on any atom is -0.339 e. The zero-order valence-electron chi connectivity index (χ0n) is 17.7. The molecular formula is C22H16B2F4N4O. The van der Waals surface area contributed by atoms with Gasteiger partial charge in [0.15, 0.2) is 0 Å². The fourth-order valence-electron chi connectivity index (χ4n) is 4.34. The van der Waals surface area contributed by atoms with E-state index in [1.54, 1.807) is 52.2 Å². The van der Waals surface area contributed by atoms with Crippen LogP contribution >= 0.6 is 0 Å². The zero-order chi connectivity index (χ0) is 23.5. The number of hydrogen-bond donors (Lipinski definition) is 0. The predicted molar refractivity (Wildman–Crippen MR) is 119 cm³/mol. The summed E-state index contributed by atoms with van der Waals surface area (Å²) in [4.78, 5) is 18.6. The molecule has 33 heavy (non-hydrogen) atoms. The molecule has 5 rings (SSSR count). The highest BCUT2D eigenvalue weighted by molar-refractivity contribution is 6.42. The Hall–Kier alpha value is -3.62. The second-order valence-electron chi connectivity index (χ2n) is 8.39. The SMILES string of the molecule is BC1(B)c2ncccc2C(=O)N1Cc1c(F)cc(-c2cccc3nn(C(F)F)cc23)cc1F. The van der Waals surface area contributed by atoms with Crippen LogP contribution < -0.4 is 0 Å². The first kappa shape index (κ1) is 21.2. The summed E-state index contributed by atoms with van der Waals surface area (Å²) >= 11 is 0. The number of aromatic nitrogens is 3. The van der Waals surface area contributed by atoms with E-state index in [9.17, 15) is 13.6 Å². The molecule has 0 saturated carbocycles. The molecule has 11 heteroatoms. The van der Waals surface area contributed by atoms with E-state index in [1.807, 2.05) is 0 Å². The Kier molecular flexibility index (Phi) is 4.81. The lowest BCUT2D eigenvalue weighted by molar-refractivity contribution is 0.0573. The Morgan fingerprint density at radius 3 is 2.39 bits per heavy atom. The molecule has 164 valence electrons. The quantitative estimate of drug-likeness (QED) is 0.355. The van der Waals surface area contributed by atoms with E-state index in [-0.39, 0.29) is 29.1 Å². The number of halogens is 4. The summed E-state index contributed by atoms with van der Waals surface area (Å²) in [5, 5.41) is 3.30. The zero-order valence-corrected chi connectivity index (χ0v) is 17.7. The number of amides is 1. The number of carbonyl (C=O) groups is 1.